The number of benzene rings is 1. The van der Waals surface area contributed by atoms with E-state index in [1.54, 1.807) is 17.8 Å². The van der Waals surface area contributed by atoms with E-state index < -0.39 is 0 Å². The molecule has 4 heteroatoms. The van der Waals surface area contributed by atoms with Gasteiger partial charge in [0.25, 0.3) is 0 Å². The second-order valence-corrected chi connectivity index (χ2v) is 6.30. The quantitative estimate of drug-likeness (QED) is 0.640. The van der Waals surface area contributed by atoms with Crippen LogP contribution >= 0.6 is 11.8 Å². The lowest BCUT2D eigenvalue weighted by Gasteiger charge is -2.12. The van der Waals surface area contributed by atoms with Crippen molar-refractivity contribution in [2.75, 3.05) is 19.0 Å². The summed E-state index contributed by atoms with van der Waals surface area (Å²) in [6.07, 6.45) is 0.558. The highest BCUT2D eigenvalue weighted by Crippen LogP contribution is 2.29. The second-order valence-electron chi connectivity index (χ2n) is 4.62. The van der Waals surface area contributed by atoms with E-state index in [4.69, 9.17) is 9.47 Å². The SMILES string of the molecule is CCOc1ccc(C(=O)CCSC(C)C)cc1OCC. The molecule has 0 aliphatic carbocycles. The van der Waals surface area contributed by atoms with Crippen LogP contribution in [0.2, 0.25) is 0 Å². The van der Waals surface area contributed by atoms with Crippen LogP contribution in [0.4, 0.5) is 0 Å². The van der Waals surface area contributed by atoms with Gasteiger partial charge in [0.2, 0.25) is 0 Å². The molecule has 0 aliphatic rings. The molecule has 0 aromatic heterocycles. The molecule has 0 aliphatic heterocycles. The molecule has 1 aromatic carbocycles. The van der Waals surface area contributed by atoms with Gasteiger partial charge in [-0.15, -0.1) is 0 Å². The Balaban J connectivity index is 2.74. The molecular formula is C16H24O3S. The summed E-state index contributed by atoms with van der Waals surface area (Å²) in [6.45, 7) is 9.26. The lowest BCUT2D eigenvalue weighted by molar-refractivity contribution is 0.0989. The van der Waals surface area contributed by atoms with Gasteiger partial charge in [0, 0.05) is 17.7 Å². The minimum atomic E-state index is 0.155. The maximum Gasteiger partial charge on any atom is 0.163 e. The molecule has 0 fully saturated rings. The third-order valence-corrected chi connectivity index (χ3v) is 3.75. The zero-order chi connectivity index (χ0) is 15.0. The first-order valence-electron chi connectivity index (χ1n) is 7.12. The van der Waals surface area contributed by atoms with E-state index in [0.717, 1.165) is 5.75 Å². The van der Waals surface area contributed by atoms with Crippen molar-refractivity contribution < 1.29 is 14.3 Å². The van der Waals surface area contributed by atoms with Gasteiger partial charge in [-0.2, -0.15) is 11.8 Å². The smallest absolute Gasteiger partial charge is 0.163 e. The van der Waals surface area contributed by atoms with Crippen LogP contribution in [-0.4, -0.2) is 30.0 Å². The highest BCUT2D eigenvalue weighted by Gasteiger charge is 2.11. The first-order valence-corrected chi connectivity index (χ1v) is 8.17. The molecule has 1 aromatic rings. The third kappa shape index (κ3) is 5.45. The van der Waals surface area contributed by atoms with E-state index in [-0.39, 0.29) is 5.78 Å². The summed E-state index contributed by atoms with van der Waals surface area (Å²) in [5.74, 6) is 2.36. The molecule has 0 unspecified atom stereocenters. The third-order valence-electron chi connectivity index (χ3n) is 2.65. The average Bonchev–Trinajstić information content (AvgIpc) is 2.40. The zero-order valence-electron chi connectivity index (χ0n) is 12.8. The summed E-state index contributed by atoms with van der Waals surface area (Å²) < 4.78 is 11.0. The van der Waals surface area contributed by atoms with Crippen LogP contribution < -0.4 is 9.47 Å². The standard InChI is InChI=1S/C16H24O3S/c1-5-18-15-8-7-13(11-16(15)19-6-2)14(17)9-10-20-12(3)4/h7-8,11-12H,5-6,9-10H2,1-4H3. The number of hydrogen-bond donors (Lipinski definition) is 0. The van der Waals surface area contributed by atoms with Gasteiger partial charge in [-0.25, -0.2) is 0 Å². The van der Waals surface area contributed by atoms with Gasteiger partial charge < -0.3 is 9.47 Å². The Morgan fingerprint density at radius 1 is 1.15 bits per heavy atom. The van der Waals surface area contributed by atoms with Crippen LogP contribution in [-0.2, 0) is 0 Å². The van der Waals surface area contributed by atoms with Gasteiger partial charge in [-0.3, -0.25) is 4.79 Å². The number of ether oxygens (including phenoxy) is 2. The molecule has 0 amide bonds. The number of thioether (sulfide) groups is 1. The molecule has 1 rings (SSSR count). The molecule has 3 nitrogen and oxygen atoms in total. The van der Waals surface area contributed by atoms with Crippen LogP contribution in [0.5, 0.6) is 11.5 Å². The Kier molecular flexibility index (Phi) is 7.52. The number of hydrogen-bond acceptors (Lipinski definition) is 4. The number of carbonyl (C=O) groups excluding carboxylic acids is 1. The molecule has 0 spiro atoms. The average molecular weight is 296 g/mol. The van der Waals surface area contributed by atoms with Crippen LogP contribution in [0.15, 0.2) is 18.2 Å². The van der Waals surface area contributed by atoms with Crippen molar-refractivity contribution in [3.05, 3.63) is 23.8 Å². The summed E-state index contributed by atoms with van der Waals surface area (Å²) in [6, 6.07) is 5.42. The van der Waals surface area contributed by atoms with Gasteiger partial charge >= 0.3 is 0 Å². The first kappa shape index (κ1) is 16.9. The molecule has 112 valence electrons. The minimum absolute atomic E-state index is 0.155. The molecule has 0 N–H and O–H groups in total. The number of carbonyl (C=O) groups is 1. The molecule has 0 heterocycles. The molecular weight excluding hydrogens is 272 g/mol. The Morgan fingerprint density at radius 3 is 2.40 bits per heavy atom. The molecule has 0 saturated heterocycles. The summed E-state index contributed by atoms with van der Waals surface area (Å²) in [7, 11) is 0. The van der Waals surface area contributed by atoms with Crippen LogP contribution in [0.1, 0.15) is 44.5 Å². The highest BCUT2D eigenvalue weighted by atomic mass is 32.2. The fourth-order valence-corrected chi connectivity index (χ4v) is 2.53. The molecule has 0 bridgehead atoms. The maximum absolute atomic E-state index is 12.1. The van der Waals surface area contributed by atoms with Crippen LogP contribution in [0.25, 0.3) is 0 Å². The van der Waals surface area contributed by atoms with E-state index in [0.29, 0.717) is 41.9 Å². The highest BCUT2D eigenvalue weighted by molar-refractivity contribution is 7.99. The van der Waals surface area contributed by atoms with Crippen molar-refractivity contribution in [3.63, 3.8) is 0 Å². The largest absolute Gasteiger partial charge is 0.490 e. The summed E-state index contributed by atoms with van der Waals surface area (Å²) in [5.41, 5.74) is 0.696. The van der Waals surface area contributed by atoms with E-state index in [9.17, 15) is 4.79 Å². The maximum atomic E-state index is 12.1. The number of rotatable bonds is 9. The molecule has 20 heavy (non-hydrogen) atoms. The fraction of sp³-hybridized carbons (Fsp3) is 0.562. The topological polar surface area (TPSA) is 35.5 Å². The van der Waals surface area contributed by atoms with Crippen LogP contribution in [0, 0.1) is 0 Å². The Bertz CT molecular complexity index is 430. The Morgan fingerprint density at radius 2 is 1.80 bits per heavy atom. The Labute approximate surface area is 126 Å². The number of Topliss-reactive ketones (excluding diaryl/α,β-unsaturated/α-hetero) is 1. The molecule has 0 atom stereocenters. The lowest BCUT2D eigenvalue weighted by atomic mass is 10.1. The van der Waals surface area contributed by atoms with Crippen molar-refractivity contribution in [1.82, 2.24) is 0 Å². The summed E-state index contributed by atoms with van der Waals surface area (Å²) in [4.78, 5) is 12.1. The van der Waals surface area contributed by atoms with E-state index in [1.165, 1.54) is 0 Å². The van der Waals surface area contributed by atoms with E-state index >= 15 is 0 Å². The van der Waals surface area contributed by atoms with Crippen molar-refractivity contribution >= 4 is 17.5 Å². The van der Waals surface area contributed by atoms with E-state index in [1.807, 2.05) is 26.0 Å². The predicted octanol–water partition coefficient (Wildman–Crippen LogP) is 4.20. The van der Waals surface area contributed by atoms with Crippen molar-refractivity contribution in [3.8, 4) is 11.5 Å². The molecule has 0 radical (unpaired) electrons. The Hall–Kier alpha value is -1.16. The van der Waals surface area contributed by atoms with Gasteiger partial charge in [0.1, 0.15) is 0 Å². The van der Waals surface area contributed by atoms with Gasteiger partial charge in [0.05, 0.1) is 13.2 Å². The fourth-order valence-electron chi connectivity index (χ4n) is 1.76. The van der Waals surface area contributed by atoms with Crippen molar-refractivity contribution in [2.24, 2.45) is 0 Å². The van der Waals surface area contributed by atoms with E-state index in [2.05, 4.69) is 13.8 Å². The normalized spacial score (nSPS) is 10.7. The summed E-state index contributed by atoms with van der Waals surface area (Å²) >= 11 is 1.80. The second kappa shape index (κ2) is 8.90. The number of ketones is 1. The predicted molar refractivity (Wildman–Crippen MR) is 85.3 cm³/mol. The molecule has 0 saturated carbocycles. The zero-order valence-corrected chi connectivity index (χ0v) is 13.6. The van der Waals surface area contributed by atoms with Crippen molar-refractivity contribution in [2.45, 2.75) is 39.4 Å². The van der Waals surface area contributed by atoms with Gasteiger partial charge in [-0.05, 0) is 37.3 Å². The van der Waals surface area contributed by atoms with Crippen LogP contribution in [0.3, 0.4) is 0 Å². The van der Waals surface area contributed by atoms with Crippen molar-refractivity contribution in [1.29, 1.82) is 0 Å². The van der Waals surface area contributed by atoms with Gasteiger partial charge in [0.15, 0.2) is 17.3 Å². The van der Waals surface area contributed by atoms with Gasteiger partial charge in [-0.1, -0.05) is 13.8 Å². The monoisotopic (exact) mass is 296 g/mol. The lowest BCUT2D eigenvalue weighted by Crippen LogP contribution is -2.04. The summed E-state index contributed by atoms with van der Waals surface area (Å²) in [5, 5.41) is 0.558. The first-order chi connectivity index (χ1) is 9.58. The minimum Gasteiger partial charge on any atom is -0.490 e.